The van der Waals surface area contributed by atoms with Gasteiger partial charge in [-0.05, 0) is 36.9 Å². The number of carboxylic acids is 1. The number of hydrogen-bond donors (Lipinski definition) is 1. The molecule has 0 amide bonds. The fourth-order valence-corrected chi connectivity index (χ4v) is 3.98. The van der Waals surface area contributed by atoms with Gasteiger partial charge in [-0.2, -0.15) is 0 Å². The molecular formula is C23H23F2N3O4. The van der Waals surface area contributed by atoms with Crippen LogP contribution < -0.4 is 15.1 Å². The molecule has 0 atom stereocenters. The van der Waals surface area contributed by atoms with Crippen LogP contribution in [0.5, 0.6) is 5.75 Å². The maximum absolute atomic E-state index is 15.0. The van der Waals surface area contributed by atoms with E-state index in [1.54, 1.807) is 16.7 Å². The lowest BCUT2D eigenvalue weighted by Gasteiger charge is -2.34. The van der Waals surface area contributed by atoms with Gasteiger partial charge in [-0.3, -0.25) is 4.79 Å². The lowest BCUT2D eigenvalue weighted by molar-refractivity contribution is 0.0695. The summed E-state index contributed by atoms with van der Waals surface area (Å²) in [4.78, 5) is 28.4. The van der Waals surface area contributed by atoms with Crippen molar-refractivity contribution >= 4 is 22.6 Å². The van der Waals surface area contributed by atoms with Crippen LogP contribution in [0.25, 0.3) is 10.9 Å². The van der Waals surface area contributed by atoms with E-state index in [1.807, 2.05) is 11.9 Å². The summed E-state index contributed by atoms with van der Waals surface area (Å²) in [7, 11) is 3.36. The average Bonchev–Trinajstić information content (AvgIpc) is 2.76. The van der Waals surface area contributed by atoms with E-state index in [-0.39, 0.29) is 17.7 Å². The van der Waals surface area contributed by atoms with Crippen molar-refractivity contribution in [1.82, 2.24) is 9.47 Å². The van der Waals surface area contributed by atoms with Crippen molar-refractivity contribution in [3.05, 3.63) is 69.5 Å². The van der Waals surface area contributed by atoms with Gasteiger partial charge in [-0.1, -0.05) is 6.07 Å². The Hall–Kier alpha value is -3.46. The van der Waals surface area contributed by atoms with Crippen LogP contribution in [0.3, 0.4) is 0 Å². The van der Waals surface area contributed by atoms with E-state index in [4.69, 9.17) is 4.74 Å². The molecule has 1 N–H and O–H groups in total. The molecule has 7 nitrogen and oxygen atoms in total. The number of fused-ring (bicyclic) bond motifs is 1. The van der Waals surface area contributed by atoms with E-state index >= 15 is 0 Å². The molecule has 0 spiro atoms. The van der Waals surface area contributed by atoms with Crippen LogP contribution in [0.15, 0.2) is 41.3 Å². The second-order valence-corrected chi connectivity index (χ2v) is 7.88. The molecule has 0 aliphatic carbocycles. The number of piperazine rings is 1. The standard InChI is InChI=1S/C23H23F2N3O4/c1-26-5-7-27(8-6-26)20-11-19-15(10-17(20)24)22(29)16(23(30)31)13-28(19)12-14-3-4-21(32-2)18(25)9-14/h3-4,9-11,13H,5-8,12H2,1-2H3,(H,30,31). The van der Waals surface area contributed by atoms with E-state index in [9.17, 15) is 23.5 Å². The highest BCUT2D eigenvalue weighted by Gasteiger charge is 2.21. The molecule has 1 aromatic heterocycles. The van der Waals surface area contributed by atoms with Crippen LogP contribution in [0, 0.1) is 11.6 Å². The second-order valence-electron chi connectivity index (χ2n) is 7.88. The Morgan fingerprint density at radius 1 is 1.09 bits per heavy atom. The number of pyridine rings is 1. The summed E-state index contributed by atoms with van der Waals surface area (Å²) in [5, 5.41) is 9.45. The maximum Gasteiger partial charge on any atom is 0.341 e. The van der Waals surface area contributed by atoms with Gasteiger partial charge in [-0.15, -0.1) is 0 Å². The molecule has 9 heteroatoms. The quantitative estimate of drug-likeness (QED) is 0.654. The fraction of sp³-hybridized carbons (Fsp3) is 0.304. The Morgan fingerprint density at radius 2 is 1.81 bits per heavy atom. The summed E-state index contributed by atoms with van der Waals surface area (Å²) < 4.78 is 35.7. The van der Waals surface area contributed by atoms with Crippen LogP contribution >= 0.6 is 0 Å². The van der Waals surface area contributed by atoms with Crippen molar-refractivity contribution in [1.29, 1.82) is 0 Å². The van der Waals surface area contributed by atoms with Gasteiger partial charge in [0.05, 0.1) is 18.3 Å². The third-order valence-corrected chi connectivity index (χ3v) is 5.79. The van der Waals surface area contributed by atoms with Crippen molar-refractivity contribution in [2.24, 2.45) is 0 Å². The molecule has 3 aromatic rings. The lowest BCUT2D eigenvalue weighted by atomic mass is 10.1. The summed E-state index contributed by atoms with van der Waals surface area (Å²) in [6, 6.07) is 7.08. The molecule has 1 aliphatic rings. The van der Waals surface area contributed by atoms with Crippen molar-refractivity contribution < 1.29 is 23.4 Å². The number of aromatic nitrogens is 1. The third-order valence-electron chi connectivity index (χ3n) is 5.79. The topological polar surface area (TPSA) is 75.0 Å². The molecule has 168 valence electrons. The Bertz CT molecular complexity index is 1250. The number of nitrogens with zero attached hydrogens (tertiary/aromatic N) is 3. The first-order chi connectivity index (χ1) is 15.3. The highest BCUT2D eigenvalue weighted by atomic mass is 19.1. The van der Waals surface area contributed by atoms with Gasteiger partial charge in [0.2, 0.25) is 5.43 Å². The van der Waals surface area contributed by atoms with E-state index in [0.29, 0.717) is 29.9 Å². The summed E-state index contributed by atoms with van der Waals surface area (Å²) in [6.45, 7) is 2.88. The lowest BCUT2D eigenvalue weighted by Crippen LogP contribution is -2.44. The van der Waals surface area contributed by atoms with Crippen molar-refractivity contribution in [3.8, 4) is 5.75 Å². The summed E-state index contributed by atoms with van der Waals surface area (Å²) in [5.41, 5.74) is 0.0380. The molecule has 1 saturated heterocycles. The molecule has 0 unspecified atom stereocenters. The number of likely N-dealkylation sites (N-methyl/N-ethyl adjacent to an activating group) is 1. The van der Waals surface area contributed by atoms with Gasteiger partial charge in [0.25, 0.3) is 0 Å². The SMILES string of the molecule is COc1ccc(Cn2cc(C(=O)O)c(=O)c3cc(F)c(N4CCN(C)CC4)cc32)cc1F. The molecule has 1 aliphatic heterocycles. The second kappa shape index (κ2) is 8.58. The van der Waals surface area contributed by atoms with Gasteiger partial charge in [-0.25, -0.2) is 13.6 Å². The zero-order valence-corrected chi connectivity index (χ0v) is 17.8. The first-order valence-electron chi connectivity index (χ1n) is 10.1. The molecule has 0 radical (unpaired) electrons. The van der Waals surface area contributed by atoms with Crippen LogP contribution in [0.4, 0.5) is 14.5 Å². The van der Waals surface area contributed by atoms with E-state index in [2.05, 4.69) is 4.90 Å². The number of methoxy groups -OCH3 is 1. The van der Waals surface area contributed by atoms with Gasteiger partial charge in [0, 0.05) is 44.3 Å². The predicted molar refractivity (Wildman–Crippen MR) is 117 cm³/mol. The van der Waals surface area contributed by atoms with Gasteiger partial charge in [0.15, 0.2) is 11.6 Å². The van der Waals surface area contributed by atoms with Crippen molar-refractivity contribution in [2.45, 2.75) is 6.54 Å². The number of rotatable bonds is 5. The molecule has 4 rings (SSSR count). The summed E-state index contributed by atoms with van der Waals surface area (Å²) in [5.74, 6) is -2.46. The summed E-state index contributed by atoms with van der Waals surface area (Å²) >= 11 is 0. The average molecular weight is 443 g/mol. The van der Waals surface area contributed by atoms with E-state index in [0.717, 1.165) is 19.2 Å². The molecule has 2 aromatic carbocycles. The minimum absolute atomic E-state index is 0.0331. The maximum atomic E-state index is 15.0. The van der Waals surface area contributed by atoms with Gasteiger partial charge < -0.3 is 24.2 Å². The smallest absolute Gasteiger partial charge is 0.341 e. The number of benzene rings is 2. The number of anilines is 1. The highest BCUT2D eigenvalue weighted by Crippen LogP contribution is 2.27. The number of carbonyl (C=O) groups is 1. The molecular weight excluding hydrogens is 420 g/mol. The Labute approximate surface area is 183 Å². The van der Waals surface area contributed by atoms with E-state index in [1.165, 1.54) is 25.4 Å². The van der Waals surface area contributed by atoms with Crippen LogP contribution in [0.1, 0.15) is 15.9 Å². The number of carboxylic acid groups (broad SMARTS) is 1. The number of halogens is 2. The zero-order valence-electron chi connectivity index (χ0n) is 17.8. The number of aromatic carboxylic acids is 1. The highest BCUT2D eigenvalue weighted by molar-refractivity contribution is 5.93. The Morgan fingerprint density at radius 3 is 2.44 bits per heavy atom. The number of hydrogen-bond acceptors (Lipinski definition) is 5. The van der Waals surface area contributed by atoms with Crippen LogP contribution in [-0.4, -0.2) is 60.9 Å². The molecule has 1 fully saturated rings. The zero-order chi connectivity index (χ0) is 23.0. The van der Waals surface area contributed by atoms with Crippen molar-refractivity contribution in [3.63, 3.8) is 0 Å². The molecule has 0 saturated carbocycles. The minimum atomic E-state index is -1.41. The summed E-state index contributed by atoms with van der Waals surface area (Å²) in [6.07, 6.45) is 1.22. The Kier molecular flexibility index (Phi) is 5.84. The van der Waals surface area contributed by atoms with Crippen LogP contribution in [-0.2, 0) is 6.54 Å². The largest absolute Gasteiger partial charge is 0.494 e. The minimum Gasteiger partial charge on any atom is -0.494 e. The Balaban J connectivity index is 1.86. The first kappa shape index (κ1) is 21.8. The normalized spacial score (nSPS) is 14.7. The van der Waals surface area contributed by atoms with Crippen molar-refractivity contribution in [2.75, 3.05) is 45.2 Å². The monoisotopic (exact) mass is 443 g/mol. The van der Waals surface area contributed by atoms with Gasteiger partial charge in [0.1, 0.15) is 11.4 Å². The third kappa shape index (κ3) is 4.03. The number of ether oxygens (including phenoxy) is 1. The first-order valence-corrected chi connectivity index (χ1v) is 10.1. The fourth-order valence-electron chi connectivity index (χ4n) is 3.98. The predicted octanol–water partition coefficient (Wildman–Crippen LogP) is 2.79. The van der Waals surface area contributed by atoms with E-state index < -0.39 is 28.6 Å². The molecule has 0 bridgehead atoms. The molecule has 32 heavy (non-hydrogen) atoms. The van der Waals surface area contributed by atoms with Gasteiger partial charge >= 0.3 is 5.97 Å². The van der Waals surface area contributed by atoms with Crippen LogP contribution in [0.2, 0.25) is 0 Å². The molecule has 2 heterocycles.